The second-order valence-electron chi connectivity index (χ2n) is 4.27. The smallest absolute Gasteiger partial charge is 0.263 e. The Balaban J connectivity index is 1.99. The standard InChI is InChI=1S/C13H15Cl2NO3/c1-9(13(17)16-4-6-18-7-5-16)19-12-3-2-10(14)8-11(12)15/h2-3,8-9H,4-7H2,1H3/t9-/m1/s1. The van der Waals surface area contributed by atoms with Crippen molar-refractivity contribution in [3.8, 4) is 5.75 Å². The summed E-state index contributed by atoms with van der Waals surface area (Å²) in [6, 6.07) is 4.92. The summed E-state index contributed by atoms with van der Waals surface area (Å²) >= 11 is 11.8. The van der Waals surface area contributed by atoms with Crippen molar-refractivity contribution in [3.63, 3.8) is 0 Å². The molecule has 0 aromatic heterocycles. The highest BCUT2D eigenvalue weighted by Crippen LogP contribution is 2.28. The van der Waals surface area contributed by atoms with Gasteiger partial charge in [-0.1, -0.05) is 23.2 Å². The van der Waals surface area contributed by atoms with Crippen molar-refractivity contribution >= 4 is 29.1 Å². The highest BCUT2D eigenvalue weighted by molar-refractivity contribution is 6.35. The molecule has 1 atom stereocenters. The van der Waals surface area contributed by atoms with Crippen LogP contribution in [0.3, 0.4) is 0 Å². The van der Waals surface area contributed by atoms with Crippen LogP contribution in [0.2, 0.25) is 10.0 Å². The van der Waals surface area contributed by atoms with E-state index < -0.39 is 6.10 Å². The molecule has 1 aromatic rings. The third-order valence-corrected chi connectivity index (χ3v) is 3.40. The van der Waals surface area contributed by atoms with Crippen LogP contribution in [0.5, 0.6) is 5.75 Å². The monoisotopic (exact) mass is 303 g/mol. The number of amides is 1. The van der Waals surface area contributed by atoms with Crippen LogP contribution in [0.25, 0.3) is 0 Å². The van der Waals surface area contributed by atoms with E-state index in [1.54, 1.807) is 30.0 Å². The lowest BCUT2D eigenvalue weighted by Gasteiger charge is -2.29. The van der Waals surface area contributed by atoms with Crippen molar-refractivity contribution in [2.24, 2.45) is 0 Å². The van der Waals surface area contributed by atoms with Gasteiger partial charge in [0.15, 0.2) is 6.10 Å². The Morgan fingerprint density at radius 3 is 2.68 bits per heavy atom. The molecule has 1 aliphatic rings. The minimum absolute atomic E-state index is 0.0608. The van der Waals surface area contributed by atoms with E-state index in [-0.39, 0.29) is 5.91 Å². The second kappa shape index (κ2) is 6.46. The summed E-state index contributed by atoms with van der Waals surface area (Å²) in [6.45, 7) is 4.05. The first-order valence-corrected chi connectivity index (χ1v) is 6.82. The zero-order valence-electron chi connectivity index (χ0n) is 10.6. The van der Waals surface area contributed by atoms with Gasteiger partial charge in [0.05, 0.1) is 18.2 Å². The Morgan fingerprint density at radius 2 is 2.05 bits per heavy atom. The molecule has 0 N–H and O–H groups in total. The number of halogens is 2. The molecular weight excluding hydrogens is 289 g/mol. The van der Waals surface area contributed by atoms with Crippen LogP contribution < -0.4 is 4.74 Å². The molecule has 1 aliphatic heterocycles. The van der Waals surface area contributed by atoms with Crippen LogP contribution in [-0.2, 0) is 9.53 Å². The number of rotatable bonds is 3. The van der Waals surface area contributed by atoms with E-state index in [1.807, 2.05) is 0 Å². The van der Waals surface area contributed by atoms with Crippen molar-refractivity contribution in [1.29, 1.82) is 0 Å². The largest absolute Gasteiger partial charge is 0.479 e. The molecule has 2 rings (SSSR count). The van der Waals surface area contributed by atoms with E-state index >= 15 is 0 Å². The highest BCUT2D eigenvalue weighted by Gasteiger charge is 2.24. The summed E-state index contributed by atoms with van der Waals surface area (Å²) in [4.78, 5) is 13.9. The minimum atomic E-state index is -0.586. The zero-order chi connectivity index (χ0) is 13.8. The Kier molecular flexibility index (Phi) is 4.91. The van der Waals surface area contributed by atoms with Crippen LogP contribution in [0.4, 0.5) is 0 Å². The van der Waals surface area contributed by atoms with E-state index in [4.69, 9.17) is 32.7 Å². The summed E-state index contributed by atoms with van der Waals surface area (Å²) in [5.41, 5.74) is 0. The number of nitrogens with zero attached hydrogens (tertiary/aromatic N) is 1. The SMILES string of the molecule is C[C@@H](Oc1ccc(Cl)cc1Cl)C(=O)N1CCOCC1. The van der Waals surface area contributed by atoms with E-state index in [9.17, 15) is 4.79 Å². The predicted molar refractivity (Wildman–Crippen MR) is 74.0 cm³/mol. The summed E-state index contributed by atoms with van der Waals surface area (Å²) in [5, 5.41) is 0.929. The van der Waals surface area contributed by atoms with Gasteiger partial charge in [-0.05, 0) is 25.1 Å². The van der Waals surface area contributed by atoms with Crippen molar-refractivity contribution in [1.82, 2.24) is 4.90 Å². The first-order valence-electron chi connectivity index (χ1n) is 6.06. The molecule has 4 nitrogen and oxygen atoms in total. The molecule has 0 unspecified atom stereocenters. The number of morpholine rings is 1. The maximum Gasteiger partial charge on any atom is 0.263 e. The number of hydrogen-bond donors (Lipinski definition) is 0. The molecule has 0 spiro atoms. The molecule has 0 bridgehead atoms. The Bertz CT molecular complexity index is 461. The van der Waals surface area contributed by atoms with Gasteiger partial charge in [-0.25, -0.2) is 0 Å². The van der Waals surface area contributed by atoms with Gasteiger partial charge in [-0.2, -0.15) is 0 Å². The third kappa shape index (κ3) is 3.75. The molecule has 6 heteroatoms. The highest BCUT2D eigenvalue weighted by atomic mass is 35.5. The molecule has 19 heavy (non-hydrogen) atoms. The van der Waals surface area contributed by atoms with Gasteiger partial charge < -0.3 is 14.4 Å². The summed E-state index contributed by atoms with van der Waals surface area (Å²) in [7, 11) is 0. The van der Waals surface area contributed by atoms with Gasteiger partial charge in [0.1, 0.15) is 5.75 Å². The Labute approximate surface area is 122 Å². The molecule has 1 saturated heterocycles. The molecular formula is C13H15Cl2NO3. The molecule has 1 heterocycles. The Hall–Kier alpha value is -0.970. The number of carbonyl (C=O) groups is 1. The quantitative estimate of drug-likeness (QED) is 0.861. The molecule has 1 aromatic carbocycles. The second-order valence-corrected chi connectivity index (χ2v) is 5.12. The molecule has 0 radical (unpaired) electrons. The fourth-order valence-corrected chi connectivity index (χ4v) is 2.31. The van der Waals surface area contributed by atoms with Gasteiger partial charge in [0.25, 0.3) is 5.91 Å². The summed E-state index contributed by atoms with van der Waals surface area (Å²) in [5.74, 6) is 0.398. The van der Waals surface area contributed by atoms with Gasteiger partial charge in [0.2, 0.25) is 0 Å². The van der Waals surface area contributed by atoms with Crippen molar-refractivity contribution in [3.05, 3.63) is 28.2 Å². The zero-order valence-corrected chi connectivity index (χ0v) is 12.1. The van der Waals surface area contributed by atoms with Crippen LogP contribution in [0.1, 0.15) is 6.92 Å². The minimum Gasteiger partial charge on any atom is -0.479 e. The van der Waals surface area contributed by atoms with Crippen molar-refractivity contribution in [2.45, 2.75) is 13.0 Å². The van der Waals surface area contributed by atoms with Gasteiger partial charge in [-0.15, -0.1) is 0 Å². The van der Waals surface area contributed by atoms with Gasteiger partial charge in [0, 0.05) is 18.1 Å². The first-order chi connectivity index (χ1) is 9.08. The average Bonchev–Trinajstić information content (AvgIpc) is 2.42. The fourth-order valence-electron chi connectivity index (χ4n) is 1.85. The van der Waals surface area contributed by atoms with E-state index in [2.05, 4.69) is 0 Å². The molecule has 1 amide bonds. The molecule has 0 aliphatic carbocycles. The van der Waals surface area contributed by atoms with Crippen LogP contribution in [-0.4, -0.2) is 43.2 Å². The lowest BCUT2D eigenvalue weighted by atomic mass is 10.3. The maximum atomic E-state index is 12.2. The molecule has 104 valence electrons. The van der Waals surface area contributed by atoms with Gasteiger partial charge >= 0.3 is 0 Å². The maximum absolute atomic E-state index is 12.2. The molecule has 0 saturated carbocycles. The van der Waals surface area contributed by atoms with E-state index in [1.165, 1.54) is 0 Å². The lowest BCUT2D eigenvalue weighted by molar-refractivity contribution is -0.142. The van der Waals surface area contributed by atoms with E-state index in [0.29, 0.717) is 42.1 Å². The number of ether oxygens (including phenoxy) is 2. The van der Waals surface area contributed by atoms with Crippen LogP contribution in [0.15, 0.2) is 18.2 Å². The third-order valence-electron chi connectivity index (χ3n) is 2.87. The van der Waals surface area contributed by atoms with Crippen LogP contribution >= 0.6 is 23.2 Å². The Morgan fingerprint density at radius 1 is 1.37 bits per heavy atom. The predicted octanol–water partition coefficient (Wildman–Crippen LogP) is 2.62. The number of hydrogen-bond acceptors (Lipinski definition) is 3. The van der Waals surface area contributed by atoms with Crippen molar-refractivity contribution < 1.29 is 14.3 Å². The lowest BCUT2D eigenvalue weighted by Crippen LogP contribution is -2.46. The van der Waals surface area contributed by atoms with E-state index in [0.717, 1.165) is 0 Å². The summed E-state index contributed by atoms with van der Waals surface area (Å²) < 4.78 is 10.8. The average molecular weight is 304 g/mol. The number of carbonyl (C=O) groups excluding carboxylic acids is 1. The van der Waals surface area contributed by atoms with Gasteiger partial charge in [-0.3, -0.25) is 4.79 Å². The van der Waals surface area contributed by atoms with Crippen LogP contribution in [0, 0.1) is 0 Å². The number of benzene rings is 1. The normalized spacial score (nSPS) is 17.1. The fraction of sp³-hybridized carbons (Fsp3) is 0.462. The molecule has 1 fully saturated rings. The topological polar surface area (TPSA) is 38.8 Å². The summed E-state index contributed by atoms with van der Waals surface area (Å²) in [6.07, 6.45) is -0.586. The van der Waals surface area contributed by atoms with Crippen molar-refractivity contribution in [2.75, 3.05) is 26.3 Å². The first kappa shape index (κ1) is 14.4.